The predicted octanol–water partition coefficient (Wildman–Crippen LogP) is 2.06. The first-order chi connectivity index (χ1) is 11.9. The fourth-order valence-corrected chi connectivity index (χ4v) is 2.71. The summed E-state index contributed by atoms with van der Waals surface area (Å²) in [6, 6.07) is 7.56. The smallest absolute Gasteiger partial charge is 0.256 e. The van der Waals surface area contributed by atoms with Gasteiger partial charge in [-0.2, -0.15) is 9.90 Å². The van der Waals surface area contributed by atoms with Crippen LogP contribution in [0.2, 0.25) is 0 Å². The molecule has 2 heterocycles. The molecule has 0 saturated heterocycles. The van der Waals surface area contributed by atoms with E-state index in [9.17, 15) is 4.89 Å². The first-order valence-corrected chi connectivity index (χ1v) is 8.78. The maximum absolute atomic E-state index is 9.70. The van der Waals surface area contributed by atoms with Crippen molar-refractivity contribution < 1.29 is 4.74 Å². The highest BCUT2D eigenvalue weighted by Gasteiger charge is 2.24. The lowest BCUT2D eigenvalue weighted by Gasteiger charge is -2.21. The van der Waals surface area contributed by atoms with E-state index in [1.165, 1.54) is 4.80 Å². The van der Waals surface area contributed by atoms with Crippen molar-refractivity contribution in [2.24, 2.45) is 0 Å². The van der Waals surface area contributed by atoms with Gasteiger partial charge in [-0.3, -0.25) is 4.89 Å². The second-order valence-electron chi connectivity index (χ2n) is 6.43. The molecule has 0 unspecified atom stereocenters. The minimum atomic E-state index is -0.511. The highest BCUT2D eigenvalue weighted by Crippen LogP contribution is 2.28. The zero-order valence-corrected chi connectivity index (χ0v) is 15.4. The fraction of sp³-hybridized carbons (Fsp3) is 0.294. The minimum Gasteiger partial charge on any atom is -0.470 e. The second-order valence-corrected chi connectivity index (χ2v) is 7.13. The molecule has 7 nitrogen and oxygen atoms in total. The Kier molecular flexibility index (Phi) is 4.48. The number of para-hydroxylation sites is 2. The molecule has 0 atom stereocenters. The fourth-order valence-electron chi connectivity index (χ4n) is 2.28. The van der Waals surface area contributed by atoms with Crippen molar-refractivity contribution >= 4 is 25.5 Å². The standard InChI is InChI=1S/C17H18N6OSi/c1-5-10-23-21-14(16(22-23)25-18)13-15(24-17(2,3)4)20-12-9-7-6-8-11(12)19-13/h5-9H,1,10H2,2-4H3. The zero-order chi connectivity index (χ0) is 18.0. The number of hydrogen-bond acceptors (Lipinski definition) is 6. The maximum atomic E-state index is 9.70. The van der Waals surface area contributed by atoms with Crippen LogP contribution in [-0.2, 0) is 6.54 Å². The first-order valence-electron chi connectivity index (χ1n) is 7.83. The van der Waals surface area contributed by atoms with E-state index >= 15 is 0 Å². The molecular formula is C17H18N6OSi. The summed E-state index contributed by atoms with van der Waals surface area (Å²) in [5.74, 6) is 0.372. The maximum Gasteiger partial charge on any atom is 0.256 e. The van der Waals surface area contributed by atoms with E-state index in [0.717, 1.165) is 11.0 Å². The summed E-state index contributed by atoms with van der Waals surface area (Å²) < 4.78 is 6.01. The summed E-state index contributed by atoms with van der Waals surface area (Å²) in [4.78, 5) is 20.4. The van der Waals surface area contributed by atoms with Gasteiger partial charge in [0, 0.05) is 0 Å². The number of fused-ring (bicyclic) bond motifs is 1. The number of benzene rings is 1. The Bertz CT molecular complexity index is 983. The summed E-state index contributed by atoms with van der Waals surface area (Å²) in [6.45, 7) is 9.95. The minimum absolute atomic E-state index is 0.372. The van der Waals surface area contributed by atoms with Crippen LogP contribution in [0.4, 0.5) is 0 Å². The number of aromatic nitrogens is 5. The van der Waals surface area contributed by atoms with Gasteiger partial charge < -0.3 is 4.74 Å². The van der Waals surface area contributed by atoms with E-state index in [0.29, 0.717) is 29.1 Å². The second kappa shape index (κ2) is 6.58. The Hall–Kier alpha value is -2.83. The van der Waals surface area contributed by atoms with Crippen LogP contribution < -0.4 is 10.1 Å². The molecule has 8 heteroatoms. The molecule has 126 valence electrons. The Labute approximate surface area is 147 Å². The molecule has 3 aromatic rings. The van der Waals surface area contributed by atoms with E-state index in [4.69, 9.17) is 4.74 Å². The lowest BCUT2D eigenvalue weighted by molar-refractivity contribution is 0.125. The number of allylic oxidation sites excluding steroid dienone is 1. The molecule has 0 fully saturated rings. The Morgan fingerprint density at radius 2 is 1.84 bits per heavy atom. The highest BCUT2D eigenvalue weighted by molar-refractivity contribution is 6.38. The summed E-state index contributed by atoms with van der Waals surface area (Å²) in [7, 11) is -0.511. The van der Waals surface area contributed by atoms with Gasteiger partial charge in [0.05, 0.1) is 17.6 Å². The van der Waals surface area contributed by atoms with E-state index in [1.807, 2.05) is 45.0 Å². The molecule has 1 aromatic carbocycles. The molecule has 3 rings (SSSR count). The van der Waals surface area contributed by atoms with Crippen LogP contribution in [0.3, 0.4) is 0 Å². The van der Waals surface area contributed by atoms with Crippen LogP contribution in [0, 0.1) is 4.89 Å². The normalized spacial score (nSPS) is 11.3. The highest BCUT2D eigenvalue weighted by atomic mass is 28.2. The van der Waals surface area contributed by atoms with Crippen molar-refractivity contribution in [1.29, 1.82) is 4.89 Å². The molecule has 0 spiro atoms. The van der Waals surface area contributed by atoms with Gasteiger partial charge in [0.15, 0.2) is 11.0 Å². The lowest BCUT2D eigenvalue weighted by Crippen LogP contribution is -2.24. The first kappa shape index (κ1) is 17.0. The number of hydrogen-bond donors (Lipinski definition) is 0. The van der Waals surface area contributed by atoms with E-state index < -0.39 is 14.8 Å². The van der Waals surface area contributed by atoms with Crippen LogP contribution in [0.5, 0.6) is 5.88 Å². The van der Waals surface area contributed by atoms with Crippen LogP contribution in [0.15, 0.2) is 36.9 Å². The monoisotopic (exact) mass is 350 g/mol. The molecule has 0 N–H and O–H groups in total. The van der Waals surface area contributed by atoms with Crippen molar-refractivity contribution in [2.75, 3.05) is 0 Å². The van der Waals surface area contributed by atoms with E-state index in [1.54, 1.807) is 6.08 Å². The van der Waals surface area contributed by atoms with Gasteiger partial charge in [0.1, 0.15) is 11.3 Å². The molecule has 0 radical (unpaired) electrons. The van der Waals surface area contributed by atoms with Crippen LogP contribution >= 0.6 is 0 Å². The van der Waals surface area contributed by atoms with Crippen LogP contribution in [0.1, 0.15) is 20.8 Å². The zero-order valence-electron chi connectivity index (χ0n) is 14.4. The number of ether oxygens (including phenoxy) is 1. The molecular weight excluding hydrogens is 332 g/mol. The van der Waals surface area contributed by atoms with Crippen molar-refractivity contribution in [3.05, 3.63) is 36.9 Å². The third kappa shape index (κ3) is 3.65. The molecule has 0 amide bonds. The average molecular weight is 350 g/mol. The molecule has 0 aliphatic rings. The van der Waals surface area contributed by atoms with Crippen molar-refractivity contribution in [3.63, 3.8) is 0 Å². The topological polar surface area (TPSA) is 89.5 Å². The van der Waals surface area contributed by atoms with E-state index in [2.05, 4.69) is 26.7 Å². The number of nitrogens with zero attached hydrogens (tertiary/aromatic N) is 6. The Balaban J connectivity index is 2.25. The van der Waals surface area contributed by atoms with Crippen molar-refractivity contribution in [3.8, 4) is 17.3 Å². The lowest BCUT2D eigenvalue weighted by atomic mass is 10.2. The predicted molar refractivity (Wildman–Crippen MR) is 96.2 cm³/mol. The third-order valence-electron chi connectivity index (χ3n) is 3.22. The number of rotatable bonds is 4. The van der Waals surface area contributed by atoms with Gasteiger partial charge in [-0.1, -0.05) is 18.2 Å². The summed E-state index contributed by atoms with van der Waals surface area (Å²) in [5.41, 5.74) is 1.95. The Morgan fingerprint density at radius 3 is 2.44 bits per heavy atom. The van der Waals surface area contributed by atoms with E-state index in [-0.39, 0.29) is 0 Å². The molecule has 0 aliphatic heterocycles. The van der Waals surface area contributed by atoms with Crippen molar-refractivity contribution in [1.82, 2.24) is 25.0 Å². The van der Waals surface area contributed by atoms with Gasteiger partial charge in [-0.25, -0.2) is 9.97 Å². The van der Waals surface area contributed by atoms with Gasteiger partial charge in [0.25, 0.3) is 9.15 Å². The third-order valence-corrected chi connectivity index (χ3v) is 3.77. The van der Waals surface area contributed by atoms with Gasteiger partial charge in [0.2, 0.25) is 5.88 Å². The molecule has 2 aromatic heterocycles. The van der Waals surface area contributed by atoms with Crippen LogP contribution in [0.25, 0.3) is 22.4 Å². The summed E-state index contributed by atoms with van der Waals surface area (Å²) in [5, 5.41) is 9.17. The SMILES string of the molecule is C=CCn1nc([Si]#N)c(-c2nc3ccccc3nc2OC(C)(C)C)n1. The van der Waals surface area contributed by atoms with Gasteiger partial charge >= 0.3 is 0 Å². The Morgan fingerprint density at radius 1 is 1.16 bits per heavy atom. The quantitative estimate of drug-likeness (QED) is 0.528. The molecule has 0 saturated carbocycles. The van der Waals surface area contributed by atoms with Gasteiger partial charge in [-0.05, 0) is 32.9 Å². The summed E-state index contributed by atoms with van der Waals surface area (Å²) in [6.07, 6.45) is 1.69. The summed E-state index contributed by atoms with van der Waals surface area (Å²) >= 11 is 0. The van der Waals surface area contributed by atoms with Crippen LogP contribution in [-0.4, -0.2) is 39.7 Å². The average Bonchev–Trinajstić information content (AvgIpc) is 2.96. The molecule has 0 aliphatic carbocycles. The largest absolute Gasteiger partial charge is 0.470 e. The van der Waals surface area contributed by atoms with Crippen molar-refractivity contribution in [2.45, 2.75) is 32.9 Å². The molecule has 0 bridgehead atoms. The molecule has 25 heavy (non-hydrogen) atoms. The van der Waals surface area contributed by atoms with Gasteiger partial charge in [-0.15, -0.1) is 11.7 Å².